The molecule has 13 heavy (non-hydrogen) atoms. The molecule has 0 atom stereocenters. The molecule has 0 saturated carbocycles. The summed E-state index contributed by atoms with van der Waals surface area (Å²) >= 11 is 0. The fourth-order valence-corrected chi connectivity index (χ4v) is 0.823. The first kappa shape index (κ1) is 12.6. The third-order valence-corrected chi connectivity index (χ3v) is 2.21. The van der Waals surface area contributed by atoms with Crippen molar-refractivity contribution < 1.29 is 35.2 Å². The second-order valence-corrected chi connectivity index (χ2v) is 4.39. The molecule has 0 unspecified atom stereocenters. The smallest absolute Gasteiger partial charge is 0.281 e. The van der Waals surface area contributed by atoms with Gasteiger partial charge in [0.05, 0.1) is 0 Å². The Labute approximate surface area is 72.9 Å². The number of halogens is 6. The molecule has 0 saturated heterocycles. The Morgan fingerprint density at radius 1 is 1.08 bits per heavy atom. The summed E-state index contributed by atoms with van der Waals surface area (Å²) < 4.78 is 77.7. The van der Waals surface area contributed by atoms with Gasteiger partial charge in [-0.25, -0.2) is 8.42 Å². The first-order valence-electron chi connectivity index (χ1n) is 2.34. The Morgan fingerprint density at radius 2 is 1.38 bits per heavy atom. The van der Waals surface area contributed by atoms with Crippen LogP contribution in [-0.2, 0) is 13.8 Å². The Kier molecular flexibility index (Phi) is 2.95. The molecule has 3 nitrogen and oxygen atoms in total. The van der Waals surface area contributed by atoms with E-state index in [9.17, 15) is 35.2 Å². The maximum absolute atomic E-state index is 12.0. The van der Waals surface area contributed by atoms with Gasteiger partial charge in [-0.15, -0.1) is 0 Å². The lowest BCUT2D eigenvalue weighted by atomic mass is 10.4. The summed E-state index contributed by atoms with van der Waals surface area (Å²) in [4.78, 5) is 9.79. The van der Waals surface area contributed by atoms with E-state index in [4.69, 9.17) is 0 Å². The summed E-state index contributed by atoms with van der Waals surface area (Å²) in [6.07, 6.45) is -5.95. The molecule has 0 spiro atoms. The van der Waals surface area contributed by atoms with E-state index >= 15 is 0 Å². The minimum Gasteiger partial charge on any atom is -0.281 e. The van der Waals surface area contributed by atoms with E-state index < -0.39 is 26.3 Å². The molecule has 0 aliphatic heterocycles. The van der Waals surface area contributed by atoms with E-state index in [0.29, 0.717) is 0 Å². The van der Waals surface area contributed by atoms with Crippen molar-refractivity contribution in [1.29, 1.82) is 0 Å². The van der Waals surface area contributed by atoms with Gasteiger partial charge >= 0.3 is 26.3 Å². The second kappa shape index (κ2) is 3.05. The number of carbonyl (C=O) groups excluding carboxylic acids is 1. The summed E-state index contributed by atoms with van der Waals surface area (Å²) in [5.74, 6) is -3.71. The van der Waals surface area contributed by atoms with Crippen molar-refractivity contribution in [2.45, 2.75) is 11.4 Å². The molecule has 0 aromatic rings. The van der Waals surface area contributed by atoms with Crippen LogP contribution in [0, 0.1) is 0 Å². The highest BCUT2D eigenvalue weighted by Crippen LogP contribution is 2.33. The van der Waals surface area contributed by atoms with Crippen LogP contribution in [0.25, 0.3) is 0 Å². The highest BCUT2D eigenvalue weighted by molar-refractivity contribution is 8.15. The number of hydrogen-bond donors (Lipinski definition) is 0. The number of carbonyl (C=O) groups is 1. The van der Waals surface area contributed by atoms with E-state index in [-0.39, 0.29) is 0 Å². The fourth-order valence-electron chi connectivity index (χ4n) is 0.276. The van der Waals surface area contributed by atoms with Crippen LogP contribution in [0.2, 0.25) is 0 Å². The molecule has 0 heterocycles. The molecular formula is C3ClF5O3S. The first-order chi connectivity index (χ1) is 5.40. The zero-order chi connectivity index (χ0) is 11.1. The van der Waals surface area contributed by atoms with Crippen molar-refractivity contribution in [3.05, 3.63) is 0 Å². The third kappa shape index (κ3) is 2.50. The molecule has 0 N–H and O–H groups in total. The maximum Gasteiger partial charge on any atom is 0.457 e. The van der Waals surface area contributed by atoms with Crippen LogP contribution >= 0.6 is 10.7 Å². The van der Waals surface area contributed by atoms with Gasteiger partial charge in [0.25, 0.3) is 0 Å². The molecule has 10 heteroatoms. The Bertz CT molecular complexity index is 316. The average molecular weight is 247 g/mol. The molecule has 0 aromatic carbocycles. The first-order valence-corrected chi connectivity index (χ1v) is 4.65. The fraction of sp³-hybridized carbons (Fsp3) is 0.667. The Morgan fingerprint density at radius 3 is 1.46 bits per heavy atom. The SMILES string of the molecule is O=C(C(F)(F)F)C(F)(F)S(=O)(=O)Cl. The van der Waals surface area contributed by atoms with Crippen molar-refractivity contribution in [3.8, 4) is 0 Å². The third-order valence-electron chi connectivity index (χ3n) is 0.828. The molecule has 0 fully saturated rings. The number of Topliss-reactive ketones (excluding diaryl/α,β-unsaturated/α-hetero) is 1. The van der Waals surface area contributed by atoms with E-state index in [2.05, 4.69) is 10.7 Å². The molecule has 0 bridgehead atoms. The number of rotatable bonds is 2. The van der Waals surface area contributed by atoms with Gasteiger partial charge in [0.1, 0.15) is 0 Å². The standard InChI is InChI=1S/C3ClF5O3S/c4-13(11,12)3(8,9)1(10)2(5,6)7. The average Bonchev–Trinajstić information content (AvgIpc) is 1.81. The lowest BCUT2D eigenvalue weighted by Gasteiger charge is -2.12. The normalized spacial score (nSPS) is 14.3. The summed E-state index contributed by atoms with van der Waals surface area (Å²) in [5.41, 5.74) is 0. The highest BCUT2D eigenvalue weighted by Gasteiger charge is 2.62. The molecule has 0 rings (SSSR count). The minimum absolute atomic E-state index is 3.71. The molecule has 0 amide bonds. The van der Waals surface area contributed by atoms with E-state index in [1.165, 1.54) is 0 Å². The maximum atomic E-state index is 12.0. The second-order valence-electron chi connectivity index (χ2n) is 1.78. The number of alkyl halides is 5. The van der Waals surface area contributed by atoms with Crippen molar-refractivity contribution in [1.82, 2.24) is 0 Å². The Hall–Kier alpha value is -0.440. The summed E-state index contributed by atoms with van der Waals surface area (Å²) in [6, 6.07) is 0. The van der Waals surface area contributed by atoms with Gasteiger partial charge in [-0.1, -0.05) is 0 Å². The minimum atomic E-state index is -5.95. The van der Waals surface area contributed by atoms with Gasteiger partial charge in [-0.3, -0.25) is 4.79 Å². The summed E-state index contributed by atoms with van der Waals surface area (Å²) in [6.45, 7) is 0. The Balaban J connectivity index is 5.23. The summed E-state index contributed by atoms with van der Waals surface area (Å²) in [5, 5.41) is -5.65. The lowest BCUT2D eigenvalue weighted by Crippen LogP contribution is -2.43. The highest BCUT2D eigenvalue weighted by atomic mass is 35.7. The van der Waals surface area contributed by atoms with Crippen LogP contribution in [0.1, 0.15) is 0 Å². The van der Waals surface area contributed by atoms with Crippen molar-refractivity contribution in [2.24, 2.45) is 0 Å². The van der Waals surface area contributed by atoms with Gasteiger partial charge in [0.2, 0.25) is 0 Å². The van der Waals surface area contributed by atoms with Gasteiger partial charge < -0.3 is 0 Å². The van der Waals surface area contributed by atoms with Gasteiger partial charge in [0.15, 0.2) is 0 Å². The molecule has 78 valence electrons. The van der Waals surface area contributed by atoms with Crippen molar-refractivity contribution in [2.75, 3.05) is 0 Å². The molecular weight excluding hydrogens is 247 g/mol. The quantitative estimate of drug-likeness (QED) is 0.545. The van der Waals surface area contributed by atoms with Crippen LogP contribution in [0.3, 0.4) is 0 Å². The zero-order valence-corrected chi connectivity index (χ0v) is 6.97. The van der Waals surface area contributed by atoms with Gasteiger partial charge in [-0.05, 0) is 0 Å². The van der Waals surface area contributed by atoms with Crippen LogP contribution in [0.5, 0.6) is 0 Å². The lowest BCUT2D eigenvalue weighted by molar-refractivity contribution is -0.185. The van der Waals surface area contributed by atoms with Gasteiger partial charge in [-0.2, -0.15) is 22.0 Å². The van der Waals surface area contributed by atoms with Gasteiger partial charge in [0, 0.05) is 10.7 Å². The van der Waals surface area contributed by atoms with Crippen LogP contribution in [0.15, 0.2) is 0 Å². The zero-order valence-electron chi connectivity index (χ0n) is 5.40. The molecule has 0 radical (unpaired) electrons. The van der Waals surface area contributed by atoms with E-state index in [0.717, 1.165) is 0 Å². The molecule has 0 aliphatic rings. The van der Waals surface area contributed by atoms with E-state index in [1.807, 2.05) is 0 Å². The number of hydrogen-bond acceptors (Lipinski definition) is 3. The topological polar surface area (TPSA) is 51.2 Å². The molecule has 0 aliphatic carbocycles. The van der Waals surface area contributed by atoms with E-state index in [1.54, 1.807) is 0 Å². The monoisotopic (exact) mass is 246 g/mol. The molecule has 0 aromatic heterocycles. The van der Waals surface area contributed by atoms with Crippen molar-refractivity contribution in [3.63, 3.8) is 0 Å². The van der Waals surface area contributed by atoms with Crippen LogP contribution in [-0.4, -0.2) is 25.6 Å². The summed E-state index contributed by atoms with van der Waals surface area (Å²) in [7, 11) is -1.99. The van der Waals surface area contributed by atoms with Crippen molar-refractivity contribution >= 4 is 25.5 Å². The number of ketones is 1. The predicted molar refractivity (Wildman–Crippen MR) is 30.8 cm³/mol. The van der Waals surface area contributed by atoms with Crippen LogP contribution < -0.4 is 0 Å². The van der Waals surface area contributed by atoms with Crippen LogP contribution in [0.4, 0.5) is 22.0 Å². The predicted octanol–water partition coefficient (Wildman–Crippen LogP) is 1.28. The largest absolute Gasteiger partial charge is 0.457 e.